The van der Waals surface area contributed by atoms with Crippen molar-refractivity contribution in [1.82, 2.24) is 25.6 Å². The molecule has 32 heavy (non-hydrogen) atoms. The van der Waals surface area contributed by atoms with E-state index in [1.165, 1.54) is 19.5 Å². The normalized spacial score (nSPS) is 10.9. The summed E-state index contributed by atoms with van der Waals surface area (Å²) < 4.78 is 10.4. The van der Waals surface area contributed by atoms with Crippen LogP contribution < -0.4 is 20.5 Å². The predicted molar refractivity (Wildman–Crippen MR) is 118 cm³/mol. The molecule has 0 unspecified atom stereocenters. The van der Waals surface area contributed by atoms with Gasteiger partial charge in [-0.15, -0.1) is 0 Å². The van der Waals surface area contributed by atoms with E-state index in [2.05, 4.69) is 30.7 Å². The van der Waals surface area contributed by atoms with Crippen molar-refractivity contribution in [3.05, 3.63) is 76.3 Å². The zero-order valence-corrected chi connectivity index (χ0v) is 17.2. The van der Waals surface area contributed by atoms with Crippen molar-refractivity contribution in [2.24, 2.45) is 5.10 Å². The first-order valence-electron chi connectivity index (χ1n) is 9.47. The highest BCUT2D eigenvalue weighted by atomic mass is 16.5. The van der Waals surface area contributed by atoms with E-state index in [4.69, 9.17) is 9.47 Å². The molecule has 0 atom stereocenters. The number of methoxy groups -OCH3 is 2. The third-order valence-electron chi connectivity index (χ3n) is 4.56. The van der Waals surface area contributed by atoms with Gasteiger partial charge in [0.25, 0.3) is 11.5 Å². The molecule has 2 heterocycles. The maximum atomic E-state index is 12.6. The molecule has 0 spiro atoms. The number of carbonyl (C=O) groups excluding carboxylic acids is 1. The number of hydrazone groups is 1. The number of nitrogens with zero attached hydrogens (tertiary/aromatic N) is 4. The number of nitrogens with one attached hydrogen (secondary N) is 2. The number of aromatic amines is 1. The Morgan fingerprint density at radius 1 is 1.09 bits per heavy atom. The Kier molecular flexibility index (Phi) is 5.84. The lowest BCUT2D eigenvalue weighted by Gasteiger charge is -2.07. The van der Waals surface area contributed by atoms with Gasteiger partial charge < -0.3 is 9.47 Å². The average molecular weight is 430 g/mol. The van der Waals surface area contributed by atoms with Crippen LogP contribution in [0.5, 0.6) is 11.5 Å². The van der Waals surface area contributed by atoms with E-state index in [1.54, 1.807) is 25.3 Å². The van der Waals surface area contributed by atoms with Crippen LogP contribution in [-0.4, -0.2) is 46.5 Å². The van der Waals surface area contributed by atoms with Crippen LogP contribution in [0, 0.1) is 0 Å². The van der Waals surface area contributed by atoms with E-state index in [9.17, 15) is 9.59 Å². The molecule has 0 radical (unpaired) electrons. The van der Waals surface area contributed by atoms with Gasteiger partial charge in [-0.3, -0.25) is 9.59 Å². The van der Waals surface area contributed by atoms with Gasteiger partial charge >= 0.3 is 0 Å². The number of H-pyrrole nitrogens is 1. The number of hydrogen-bond donors (Lipinski definition) is 2. The summed E-state index contributed by atoms with van der Waals surface area (Å²) in [5.41, 5.74) is 3.30. The summed E-state index contributed by atoms with van der Waals surface area (Å²) in [7, 11) is 3.07. The monoisotopic (exact) mass is 430 g/mol. The summed E-state index contributed by atoms with van der Waals surface area (Å²) in [6.45, 7) is 0. The van der Waals surface area contributed by atoms with Crippen LogP contribution in [0.4, 0.5) is 0 Å². The smallest absolute Gasteiger partial charge is 0.292 e. The van der Waals surface area contributed by atoms with E-state index in [1.807, 2.05) is 30.3 Å². The Labute approximate surface area is 181 Å². The van der Waals surface area contributed by atoms with Crippen LogP contribution in [0.3, 0.4) is 0 Å². The molecule has 160 valence electrons. The maximum absolute atomic E-state index is 12.6. The van der Waals surface area contributed by atoms with Gasteiger partial charge in [-0.05, 0) is 23.8 Å². The van der Waals surface area contributed by atoms with Gasteiger partial charge in [0, 0.05) is 11.8 Å². The highest BCUT2D eigenvalue weighted by molar-refractivity contribution is 6.04. The second-order valence-electron chi connectivity index (χ2n) is 6.54. The van der Waals surface area contributed by atoms with Crippen LogP contribution in [0.15, 0.2) is 64.6 Å². The van der Waals surface area contributed by atoms with Gasteiger partial charge in [-0.2, -0.15) is 10.2 Å². The molecule has 0 fully saturated rings. The molecular weight excluding hydrogens is 412 g/mol. The highest BCUT2D eigenvalue weighted by Gasteiger charge is 2.16. The van der Waals surface area contributed by atoms with Crippen molar-refractivity contribution in [2.45, 2.75) is 0 Å². The van der Waals surface area contributed by atoms with Crippen molar-refractivity contribution in [1.29, 1.82) is 0 Å². The summed E-state index contributed by atoms with van der Waals surface area (Å²) in [6.07, 6.45) is 2.84. The van der Waals surface area contributed by atoms with Crippen molar-refractivity contribution < 1.29 is 14.3 Å². The molecule has 0 saturated heterocycles. The van der Waals surface area contributed by atoms with Gasteiger partial charge in [-0.1, -0.05) is 30.3 Å². The lowest BCUT2D eigenvalue weighted by Crippen LogP contribution is -2.23. The maximum Gasteiger partial charge on any atom is 0.292 e. The fourth-order valence-corrected chi connectivity index (χ4v) is 3.00. The fourth-order valence-electron chi connectivity index (χ4n) is 3.00. The zero-order valence-electron chi connectivity index (χ0n) is 17.2. The van der Waals surface area contributed by atoms with Gasteiger partial charge in [0.15, 0.2) is 23.0 Å². The molecule has 2 aromatic carbocycles. The number of rotatable bonds is 6. The summed E-state index contributed by atoms with van der Waals surface area (Å²) in [5.74, 6) is 0.849. The lowest BCUT2D eigenvalue weighted by molar-refractivity contribution is 0.0951. The molecule has 10 nitrogen and oxygen atoms in total. The zero-order chi connectivity index (χ0) is 22.5. The average Bonchev–Trinajstić information content (AvgIpc) is 2.84. The molecule has 1 amide bonds. The molecular formula is C22H18N6O4. The minimum atomic E-state index is -0.626. The van der Waals surface area contributed by atoms with E-state index in [0.29, 0.717) is 22.9 Å². The van der Waals surface area contributed by atoms with Crippen molar-refractivity contribution in [2.75, 3.05) is 14.2 Å². The first kappa shape index (κ1) is 20.7. The van der Waals surface area contributed by atoms with E-state index in [0.717, 1.165) is 5.56 Å². The largest absolute Gasteiger partial charge is 0.493 e. The number of amides is 1. The highest BCUT2D eigenvalue weighted by Crippen LogP contribution is 2.26. The van der Waals surface area contributed by atoms with Gasteiger partial charge in [0.05, 0.1) is 25.8 Å². The second kappa shape index (κ2) is 9.04. The Bertz CT molecular complexity index is 1370. The molecule has 2 aromatic heterocycles. The fraction of sp³-hybridized carbons (Fsp3) is 0.0909. The van der Waals surface area contributed by atoms with E-state index < -0.39 is 11.5 Å². The third-order valence-corrected chi connectivity index (χ3v) is 4.56. The van der Waals surface area contributed by atoms with Gasteiger partial charge in [-0.25, -0.2) is 20.5 Å². The molecule has 2 N–H and O–H groups in total. The summed E-state index contributed by atoms with van der Waals surface area (Å²) in [5, 5.41) is 10.3. The van der Waals surface area contributed by atoms with Crippen LogP contribution >= 0.6 is 0 Å². The van der Waals surface area contributed by atoms with Crippen molar-refractivity contribution in [3.8, 4) is 22.9 Å². The molecule has 10 heteroatoms. The predicted octanol–water partition coefficient (Wildman–Crippen LogP) is 2.16. The standard InChI is InChI=1S/C22H18N6O4/c1-31-16-9-8-13(10-17(16)32-2)11-24-27-22(30)19-15-12-23-20(14-6-4-3-5-7-14)25-18(15)21(29)28-26-19/h3-12H,1-2H3,(H,27,30)(H,28,29)/b24-11+. The lowest BCUT2D eigenvalue weighted by atomic mass is 10.2. The van der Waals surface area contributed by atoms with Gasteiger partial charge in [0.2, 0.25) is 0 Å². The molecule has 0 aliphatic heterocycles. The number of fused-ring (bicyclic) bond motifs is 1. The molecule has 4 rings (SSSR count). The number of carbonyl (C=O) groups is 1. The first-order chi connectivity index (χ1) is 15.6. The van der Waals surface area contributed by atoms with Crippen molar-refractivity contribution in [3.63, 3.8) is 0 Å². The summed E-state index contributed by atoms with van der Waals surface area (Å²) in [6, 6.07) is 14.4. The minimum Gasteiger partial charge on any atom is -0.493 e. The van der Waals surface area contributed by atoms with Crippen molar-refractivity contribution >= 4 is 23.0 Å². The number of ether oxygens (including phenoxy) is 2. The molecule has 0 aliphatic carbocycles. The van der Waals surface area contributed by atoms with Crippen LogP contribution in [0.2, 0.25) is 0 Å². The van der Waals surface area contributed by atoms with E-state index in [-0.39, 0.29) is 16.6 Å². The summed E-state index contributed by atoms with van der Waals surface area (Å²) in [4.78, 5) is 33.5. The molecule has 0 bridgehead atoms. The molecule has 0 aliphatic rings. The Balaban J connectivity index is 1.59. The topological polar surface area (TPSA) is 131 Å². The number of hydrogen-bond acceptors (Lipinski definition) is 8. The first-order valence-corrected chi connectivity index (χ1v) is 9.47. The Hall–Kier alpha value is -4.60. The third kappa shape index (κ3) is 4.15. The van der Waals surface area contributed by atoms with E-state index >= 15 is 0 Å². The van der Waals surface area contributed by atoms with Crippen LogP contribution in [-0.2, 0) is 0 Å². The second-order valence-corrected chi connectivity index (χ2v) is 6.54. The SMILES string of the molecule is COc1ccc(/C=N/NC(=O)c2n[nH]c(=O)c3nc(-c4ccccc4)ncc23)cc1OC. The number of benzene rings is 2. The molecule has 4 aromatic rings. The summed E-state index contributed by atoms with van der Waals surface area (Å²) >= 11 is 0. The Morgan fingerprint density at radius 3 is 2.62 bits per heavy atom. The minimum absolute atomic E-state index is 0.0522. The van der Waals surface area contributed by atoms with Crippen LogP contribution in [0.1, 0.15) is 16.1 Å². The number of aromatic nitrogens is 4. The van der Waals surface area contributed by atoms with Gasteiger partial charge in [0.1, 0.15) is 5.52 Å². The Morgan fingerprint density at radius 2 is 1.88 bits per heavy atom. The van der Waals surface area contributed by atoms with Crippen LogP contribution in [0.25, 0.3) is 22.3 Å². The quantitative estimate of drug-likeness (QED) is 0.354. The molecule has 0 saturated carbocycles.